The normalized spacial score (nSPS) is 12.4. The van der Waals surface area contributed by atoms with Gasteiger partial charge in [0, 0.05) is 21.7 Å². The first-order chi connectivity index (χ1) is 8.66. The van der Waals surface area contributed by atoms with Crippen LogP contribution in [0.1, 0.15) is 11.6 Å². The fraction of sp³-hybridized carbons (Fsp3) is 0.143. The van der Waals surface area contributed by atoms with E-state index in [4.69, 9.17) is 17.3 Å². The number of thioether (sulfide) groups is 1. The SMILES string of the molecule is NC(CSc1cccc(F)c1)c1ccccc1Cl. The predicted molar refractivity (Wildman–Crippen MR) is 75.5 cm³/mol. The third-order valence-corrected chi connectivity index (χ3v) is 3.99. The van der Waals surface area contributed by atoms with Gasteiger partial charge in [0.2, 0.25) is 0 Å². The van der Waals surface area contributed by atoms with E-state index >= 15 is 0 Å². The second kappa shape index (κ2) is 6.23. The number of halogens is 2. The minimum Gasteiger partial charge on any atom is -0.323 e. The minimum atomic E-state index is -0.230. The van der Waals surface area contributed by atoms with Crippen LogP contribution in [0.4, 0.5) is 4.39 Å². The molecule has 1 atom stereocenters. The van der Waals surface area contributed by atoms with Gasteiger partial charge in [-0.25, -0.2) is 4.39 Å². The fourth-order valence-electron chi connectivity index (χ4n) is 1.61. The quantitative estimate of drug-likeness (QED) is 0.847. The van der Waals surface area contributed by atoms with Crippen molar-refractivity contribution in [2.24, 2.45) is 5.73 Å². The van der Waals surface area contributed by atoms with E-state index in [1.165, 1.54) is 23.9 Å². The van der Waals surface area contributed by atoms with Crippen LogP contribution in [0.2, 0.25) is 5.02 Å². The molecule has 2 rings (SSSR count). The first-order valence-electron chi connectivity index (χ1n) is 5.55. The molecule has 2 aromatic carbocycles. The lowest BCUT2D eigenvalue weighted by atomic mass is 10.1. The summed E-state index contributed by atoms with van der Waals surface area (Å²) >= 11 is 7.60. The predicted octanol–water partition coefficient (Wildman–Crippen LogP) is 4.27. The summed E-state index contributed by atoms with van der Waals surface area (Å²) in [6.45, 7) is 0. The van der Waals surface area contributed by atoms with Gasteiger partial charge in [-0.15, -0.1) is 11.8 Å². The van der Waals surface area contributed by atoms with E-state index in [0.717, 1.165) is 10.5 Å². The number of nitrogens with two attached hydrogens (primary N) is 1. The molecule has 1 unspecified atom stereocenters. The standard InChI is InChI=1S/C14H13ClFNS/c15-13-7-2-1-6-12(13)14(17)9-18-11-5-3-4-10(16)8-11/h1-8,14H,9,17H2. The van der Waals surface area contributed by atoms with Crippen LogP contribution in [-0.2, 0) is 0 Å². The highest BCUT2D eigenvalue weighted by molar-refractivity contribution is 7.99. The molecule has 0 aliphatic carbocycles. The lowest BCUT2D eigenvalue weighted by Crippen LogP contribution is -2.13. The molecule has 4 heteroatoms. The molecule has 2 N–H and O–H groups in total. The number of rotatable bonds is 4. The maximum Gasteiger partial charge on any atom is 0.124 e. The summed E-state index contributed by atoms with van der Waals surface area (Å²) < 4.78 is 13.0. The molecule has 0 amide bonds. The van der Waals surface area contributed by atoms with Crippen molar-refractivity contribution in [1.29, 1.82) is 0 Å². The summed E-state index contributed by atoms with van der Waals surface area (Å²) in [6, 6.07) is 13.9. The van der Waals surface area contributed by atoms with Crippen LogP contribution in [0, 0.1) is 5.82 Å². The van der Waals surface area contributed by atoms with Crippen LogP contribution in [0.5, 0.6) is 0 Å². The van der Waals surface area contributed by atoms with Crippen LogP contribution in [-0.4, -0.2) is 5.75 Å². The third-order valence-electron chi connectivity index (χ3n) is 2.53. The van der Waals surface area contributed by atoms with Gasteiger partial charge in [-0.3, -0.25) is 0 Å². The molecule has 2 aromatic rings. The van der Waals surface area contributed by atoms with Crippen molar-refractivity contribution in [3.05, 3.63) is 64.9 Å². The highest BCUT2D eigenvalue weighted by Crippen LogP contribution is 2.27. The van der Waals surface area contributed by atoms with Gasteiger partial charge in [-0.2, -0.15) is 0 Å². The summed E-state index contributed by atoms with van der Waals surface area (Å²) in [4.78, 5) is 0.873. The zero-order chi connectivity index (χ0) is 13.0. The molecule has 0 bridgehead atoms. The monoisotopic (exact) mass is 281 g/mol. The second-order valence-electron chi connectivity index (χ2n) is 3.90. The van der Waals surface area contributed by atoms with E-state index in [9.17, 15) is 4.39 Å². The van der Waals surface area contributed by atoms with Gasteiger partial charge in [0.25, 0.3) is 0 Å². The Labute approximate surface area is 115 Å². The van der Waals surface area contributed by atoms with Gasteiger partial charge in [0.1, 0.15) is 5.82 Å². The molecular weight excluding hydrogens is 269 g/mol. The average molecular weight is 282 g/mol. The Kier molecular flexibility index (Phi) is 4.64. The molecule has 0 radical (unpaired) electrons. The van der Waals surface area contributed by atoms with E-state index in [1.807, 2.05) is 30.3 Å². The first kappa shape index (κ1) is 13.4. The van der Waals surface area contributed by atoms with Crippen LogP contribution in [0.3, 0.4) is 0 Å². The van der Waals surface area contributed by atoms with Crippen molar-refractivity contribution in [1.82, 2.24) is 0 Å². The van der Waals surface area contributed by atoms with Gasteiger partial charge < -0.3 is 5.73 Å². The molecule has 94 valence electrons. The lowest BCUT2D eigenvalue weighted by Gasteiger charge is -2.13. The number of hydrogen-bond acceptors (Lipinski definition) is 2. The van der Waals surface area contributed by atoms with Gasteiger partial charge in [0.05, 0.1) is 0 Å². The van der Waals surface area contributed by atoms with Crippen LogP contribution < -0.4 is 5.73 Å². The number of benzene rings is 2. The van der Waals surface area contributed by atoms with Gasteiger partial charge in [-0.1, -0.05) is 35.9 Å². The molecule has 0 aliphatic heterocycles. The Morgan fingerprint density at radius 1 is 1.17 bits per heavy atom. The van der Waals surface area contributed by atoms with E-state index in [0.29, 0.717) is 10.8 Å². The summed E-state index contributed by atoms with van der Waals surface area (Å²) in [7, 11) is 0. The summed E-state index contributed by atoms with van der Waals surface area (Å²) in [5.74, 6) is 0.430. The van der Waals surface area contributed by atoms with Crippen molar-refractivity contribution in [3.63, 3.8) is 0 Å². The summed E-state index contributed by atoms with van der Waals surface area (Å²) in [5, 5.41) is 0.671. The van der Waals surface area contributed by atoms with E-state index in [-0.39, 0.29) is 11.9 Å². The first-order valence-corrected chi connectivity index (χ1v) is 6.91. The average Bonchev–Trinajstić information content (AvgIpc) is 2.37. The van der Waals surface area contributed by atoms with E-state index in [1.54, 1.807) is 6.07 Å². The molecule has 0 heterocycles. The molecule has 0 spiro atoms. The number of hydrogen-bond donors (Lipinski definition) is 1. The Morgan fingerprint density at radius 3 is 2.67 bits per heavy atom. The van der Waals surface area contributed by atoms with Crippen LogP contribution in [0.25, 0.3) is 0 Å². The largest absolute Gasteiger partial charge is 0.323 e. The second-order valence-corrected chi connectivity index (χ2v) is 5.40. The Bertz CT molecular complexity index is 533. The Balaban J connectivity index is 2.00. The fourth-order valence-corrected chi connectivity index (χ4v) is 2.81. The molecule has 0 aromatic heterocycles. The molecule has 0 fully saturated rings. The highest BCUT2D eigenvalue weighted by Gasteiger charge is 2.10. The molecule has 0 aliphatic rings. The maximum atomic E-state index is 13.0. The van der Waals surface area contributed by atoms with Crippen LogP contribution in [0.15, 0.2) is 53.4 Å². The summed E-state index contributed by atoms with van der Waals surface area (Å²) in [6.07, 6.45) is 0. The van der Waals surface area contributed by atoms with E-state index < -0.39 is 0 Å². The highest BCUT2D eigenvalue weighted by atomic mass is 35.5. The van der Waals surface area contributed by atoms with Crippen molar-refractivity contribution < 1.29 is 4.39 Å². The minimum absolute atomic E-state index is 0.160. The zero-order valence-corrected chi connectivity index (χ0v) is 11.2. The maximum absolute atomic E-state index is 13.0. The lowest BCUT2D eigenvalue weighted by molar-refractivity contribution is 0.624. The topological polar surface area (TPSA) is 26.0 Å². The Morgan fingerprint density at radius 2 is 1.94 bits per heavy atom. The molecule has 1 nitrogen and oxygen atoms in total. The van der Waals surface area contributed by atoms with Crippen LogP contribution >= 0.6 is 23.4 Å². The van der Waals surface area contributed by atoms with Gasteiger partial charge in [0.15, 0.2) is 0 Å². The van der Waals surface area contributed by atoms with Gasteiger partial charge in [-0.05, 0) is 29.8 Å². The Hall–Kier alpha value is -1.03. The van der Waals surface area contributed by atoms with Crippen molar-refractivity contribution >= 4 is 23.4 Å². The molecular formula is C14H13ClFNS. The molecule has 0 saturated heterocycles. The molecule has 18 heavy (non-hydrogen) atoms. The van der Waals surface area contributed by atoms with E-state index in [2.05, 4.69) is 0 Å². The third kappa shape index (κ3) is 3.48. The van der Waals surface area contributed by atoms with Gasteiger partial charge >= 0.3 is 0 Å². The molecule has 0 saturated carbocycles. The zero-order valence-electron chi connectivity index (χ0n) is 9.64. The smallest absolute Gasteiger partial charge is 0.124 e. The van der Waals surface area contributed by atoms with Crippen molar-refractivity contribution in [2.75, 3.05) is 5.75 Å². The van der Waals surface area contributed by atoms with Crippen molar-refractivity contribution in [3.8, 4) is 0 Å². The summed E-state index contributed by atoms with van der Waals surface area (Å²) in [5.41, 5.74) is 7.00. The van der Waals surface area contributed by atoms with Crippen molar-refractivity contribution in [2.45, 2.75) is 10.9 Å².